The number of ether oxygens (including phenoxy) is 1. The van der Waals surface area contributed by atoms with Crippen molar-refractivity contribution < 1.29 is 14.3 Å². The molecule has 0 saturated carbocycles. The fraction of sp³-hybridized carbons (Fsp3) is 0.467. The summed E-state index contributed by atoms with van der Waals surface area (Å²) in [5, 5.41) is 4.88. The third kappa shape index (κ3) is 4.20. The average Bonchev–Trinajstić information content (AvgIpc) is 3.10. The van der Waals surface area contributed by atoms with Crippen molar-refractivity contribution in [2.24, 2.45) is 5.92 Å². The van der Waals surface area contributed by atoms with Crippen molar-refractivity contribution in [1.82, 2.24) is 5.32 Å². The summed E-state index contributed by atoms with van der Waals surface area (Å²) in [5.74, 6) is 0.00503. The zero-order chi connectivity index (χ0) is 14.4. The maximum absolute atomic E-state index is 12.1. The van der Waals surface area contributed by atoms with Gasteiger partial charge in [0, 0.05) is 11.3 Å². The molecule has 0 bridgehead atoms. The molecule has 1 heterocycles. The zero-order valence-corrected chi connectivity index (χ0v) is 12.3. The maximum Gasteiger partial charge on any atom is 0.307 e. The number of allylic oxidation sites excluding steroid dienone is 2. The number of carbonyl (C=O) groups is 2. The number of amides is 1. The number of hydrogen-bond donors (Lipinski definition) is 1. The maximum atomic E-state index is 12.1. The van der Waals surface area contributed by atoms with Gasteiger partial charge in [-0.3, -0.25) is 9.59 Å². The minimum absolute atomic E-state index is 0.0103. The second-order valence-corrected chi connectivity index (χ2v) is 5.86. The normalized spacial score (nSPS) is 18.8. The summed E-state index contributed by atoms with van der Waals surface area (Å²) < 4.78 is 4.70. The van der Waals surface area contributed by atoms with Gasteiger partial charge in [-0.1, -0.05) is 18.2 Å². The molecule has 5 heteroatoms. The molecule has 0 aliphatic heterocycles. The second kappa shape index (κ2) is 7.24. The molecule has 1 aliphatic rings. The van der Waals surface area contributed by atoms with Gasteiger partial charge in [0.2, 0.25) is 5.91 Å². The number of methoxy groups -OCH3 is 1. The Kier molecular flexibility index (Phi) is 5.35. The van der Waals surface area contributed by atoms with E-state index < -0.39 is 0 Å². The summed E-state index contributed by atoms with van der Waals surface area (Å²) in [7, 11) is 1.36. The van der Waals surface area contributed by atoms with Crippen LogP contribution in [0, 0.1) is 5.92 Å². The first-order chi connectivity index (χ1) is 9.69. The van der Waals surface area contributed by atoms with E-state index in [9.17, 15) is 9.59 Å². The van der Waals surface area contributed by atoms with E-state index in [-0.39, 0.29) is 24.3 Å². The highest BCUT2D eigenvalue weighted by molar-refractivity contribution is 7.10. The van der Waals surface area contributed by atoms with Crippen LogP contribution in [-0.2, 0) is 14.3 Å². The van der Waals surface area contributed by atoms with Crippen molar-refractivity contribution in [3.05, 3.63) is 34.5 Å². The van der Waals surface area contributed by atoms with Crippen LogP contribution in [0.5, 0.6) is 0 Å². The van der Waals surface area contributed by atoms with E-state index in [4.69, 9.17) is 4.74 Å². The predicted octanol–water partition coefficient (Wildman–Crippen LogP) is 2.82. The van der Waals surface area contributed by atoms with E-state index in [1.54, 1.807) is 0 Å². The Hall–Kier alpha value is -1.62. The lowest BCUT2D eigenvalue weighted by molar-refractivity contribution is -0.141. The summed E-state index contributed by atoms with van der Waals surface area (Å²) in [6.45, 7) is 0. The number of esters is 1. The molecule has 1 amide bonds. The smallest absolute Gasteiger partial charge is 0.307 e. The monoisotopic (exact) mass is 293 g/mol. The second-order valence-electron chi connectivity index (χ2n) is 4.89. The molecule has 1 aliphatic carbocycles. The molecule has 2 rings (SSSR count). The van der Waals surface area contributed by atoms with Crippen LogP contribution in [0.25, 0.3) is 0 Å². The topological polar surface area (TPSA) is 55.4 Å². The van der Waals surface area contributed by atoms with Gasteiger partial charge in [0.1, 0.15) is 0 Å². The van der Waals surface area contributed by atoms with Gasteiger partial charge in [0.05, 0.1) is 19.6 Å². The first kappa shape index (κ1) is 14.8. The van der Waals surface area contributed by atoms with Gasteiger partial charge in [0.25, 0.3) is 0 Å². The Morgan fingerprint density at radius 1 is 1.55 bits per heavy atom. The highest BCUT2D eigenvalue weighted by atomic mass is 32.1. The Balaban J connectivity index is 1.94. The van der Waals surface area contributed by atoms with Gasteiger partial charge in [-0.2, -0.15) is 0 Å². The van der Waals surface area contributed by atoms with Crippen LogP contribution in [0.1, 0.15) is 36.6 Å². The van der Waals surface area contributed by atoms with E-state index in [0.29, 0.717) is 12.3 Å². The molecule has 1 N–H and O–H groups in total. The van der Waals surface area contributed by atoms with E-state index in [0.717, 1.165) is 17.7 Å². The van der Waals surface area contributed by atoms with Crippen molar-refractivity contribution >= 4 is 23.2 Å². The first-order valence-electron chi connectivity index (χ1n) is 6.75. The van der Waals surface area contributed by atoms with Crippen LogP contribution in [0.3, 0.4) is 0 Å². The van der Waals surface area contributed by atoms with Crippen molar-refractivity contribution in [3.8, 4) is 0 Å². The fourth-order valence-electron chi connectivity index (χ4n) is 2.32. The van der Waals surface area contributed by atoms with Crippen LogP contribution < -0.4 is 5.32 Å². The third-order valence-electron chi connectivity index (χ3n) is 3.38. The average molecular weight is 293 g/mol. The molecular weight excluding hydrogens is 274 g/mol. The molecule has 0 unspecified atom stereocenters. The molecule has 20 heavy (non-hydrogen) atoms. The van der Waals surface area contributed by atoms with Crippen LogP contribution in [0.2, 0.25) is 0 Å². The molecule has 0 saturated heterocycles. The van der Waals surface area contributed by atoms with Crippen molar-refractivity contribution in [3.63, 3.8) is 0 Å². The predicted molar refractivity (Wildman–Crippen MR) is 78.3 cm³/mol. The fourth-order valence-corrected chi connectivity index (χ4v) is 3.10. The molecule has 0 spiro atoms. The molecular formula is C15H19NO3S. The molecule has 4 nitrogen and oxygen atoms in total. The molecule has 1 aromatic heterocycles. The number of nitrogens with one attached hydrogen (secondary N) is 1. The minimum atomic E-state index is -0.315. The van der Waals surface area contributed by atoms with Gasteiger partial charge in [0.15, 0.2) is 0 Å². The lowest BCUT2D eigenvalue weighted by atomic mass is 10.0. The van der Waals surface area contributed by atoms with Crippen LogP contribution >= 0.6 is 11.3 Å². The quantitative estimate of drug-likeness (QED) is 0.648. The summed E-state index contributed by atoms with van der Waals surface area (Å²) in [4.78, 5) is 24.5. The number of hydrogen-bond acceptors (Lipinski definition) is 4. The Bertz CT molecular complexity index is 481. The summed E-state index contributed by atoms with van der Waals surface area (Å²) >= 11 is 1.53. The molecule has 0 aromatic carbocycles. The Morgan fingerprint density at radius 3 is 3.00 bits per heavy atom. The molecule has 108 valence electrons. The molecule has 0 radical (unpaired) electrons. The minimum Gasteiger partial charge on any atom is -0.469 e. The largest absolute Gasteiger partial charge is 0.469 e. The highest BCUT2D eigenvalue weighted by Crippen LogP contribution is 2.24. The SMILES string of the molecule is COC(=O)C[C@H](NC(=O)C[C@@H]1C=CCC1)c1cccs1. The van der Waals surface area contributed by atoms with Gasteiger partial charge in [-0.25, -0.2) is 0 Å². The van der Waals surface area contributed by atoms with Crippen molar-refractivity contribution in [2.45, 2.75) is 31.7 Å². The van der Waals surface area contributed by atoms with E-state index in [1.165, 1.54) is 18.4 Å². The van der Waals surface area contributed by atoms with Gasteiger partial charge >= 0.3 is 5.97 Å². The van der Waals surface area contributed by atoms with E-state index in [1.807, 2.05) is 17.5 Å². The Labute approximate surface area is 122 Å². The molecule has 1 aromatic rings. The lowest BCUT2D eigenvalue weighted by Crippen LogP contribution is -2.30. The van der Waals surface area contributed by atoms with Crippen molar-refractivity contribution in [2.75, 3.05) is 7.11 Å². The van der Waals surface area contributed by atoms with Gasteiger partial charge in [-0.05, 0) is 30.2 Å². The summed E-state index contributed by atoms with van der Waals surface area (Å²) in [6.07, 6.45) is 6.95. The standard InChI is InChI=1S/C15H19NO3S/c1-19-15(18)10-12(13-7-4-8-20-13)16-14(17)9-11-5-2-3-6-11/h2,4-5,7-8,11-12H,3,6,9-10H2,1H3,(H,16,17)/t11-,12+/m1/s1. The zero-order valence-electron chi connectivity index (χ0n) is 11.5. The third-order valence-corrected chi connectivity index (χ3v) is 4.37. The van der Waals surface area contributed by atoms with E-state index in [2.05, 4.69) is 17.5 Å². The van der Waals surface area contributed by atoms with Gasteiger partial charge < -0.3 is 10.1 Å². The van der Waals surface area contributed by atoms with Gasteiger partial charge in [-0.15, -0.1) is 11.3 Å². The van der Waals surface area contributed by atoms with Crippen LogP contribution in [0.15, 0.2) is 29.7 Å². The van der Waals surface area contributed by atoms with Crippen LogP contribution in [-0.4, -0.2) is 19.0 Å². The summed E-state index contributed by atoms with van der Waals surface area (Å²) in [6, 6.07) is 3.55. The number of carbonyl (C=O) groups excluding carboxylic acids is 2. The van der Waals surface area contributed by atoms with E-state index >= 15 is 0 Å². The van der Waals surface area contributed by atoms with Crippen LogP contribution in [0.4, 0.5) is 0 Å². The number of rotatable bonds is 6. The Morgan fingerprint density at radius 2 is 2.40 bits per heavy atom. The van der Waals surface area contributed by atoms with Crippen molar-refractivity contribution in [1.29, 1.82) is 0 Å². The summed E-state index contributed by atoms with van der Waals surface area (Å²) in [5.41, 5.74) is 0. The molecule has 0 fully saturated rings. The number of thiophene rings is 1. The highest BCUT2D eigenvalue weighted by Gasteiger charge is 2.21. The lowest BCUT2D eigenvalue weighted by Gasteiger charge is -2.17. The molecule has 2 atom stereocenters. The first-order valence-corrected chi connectivity index (χ1v) is 7.63.